The summed E-state index contributed by atoms with van der Waals surface area (Å²) in [6.45, 7) is -2.36. The van der Waals surface area contributed by atoms with Gasteiger partial charge in [0.25, 0.3) is 5.91 Å². The third kappa shape index (κ3) is 7.70. The van der Waals surface area contributed by atoms with Crippen LogP contribution in [0.2, 0.25) is 0 Å². The number of ether oxygens (including phenoxy) is 1. The van der Waals surface area contributed by atoms with E-state index in [4.69, 9.17) is 0 Å². The quantitative estimate of drug-likeness (QED) is 0.194. The normalized spacial score (nSPS) is 17.7. The van der Waals surface area contributed by atoms with Crippen LogP contribution in [0.25, 0.3) is 5.65 Å². The second kappa shape index (κ2) is 12.8. The highest BCUT2D eigenvalue weighted by atomic mass is 32.2. The number of nitrogens with zero attached hydrogens (tertiary/aromatic N) is 3. The molecule has 220 valence electrons. The average Bonchev–Trinajstić information content (AvgIpc) is 3.24. The zero-order chi connectivity index (χ0) is 29.7. The van der Waals surface area contributed by atoms with Gasteiger partial charge in [-0.25, -0.2) is 9.37 Å². The topological polar surface area (TPSA) is 82.9 Å². The van der Waals surface area contributed by atoms with Gasteiger partial charge in [0.15, 0.2) is 5.65 Å². The van der Waals surface area contributed by atoms with Gasteiger partial charge in [0.05, 0.1) is 23.8 Å². The fourth-order valence-electron chi connectivity index (χ4n) is 4.29. The zero-order valence-electron chi connectivity index (χ0n) is 21.9. The molecule has 0 bridgehead atoms. The second-order valence-electron chi connectivity index (χ2n) is 9.07. The number of nitrogens with one attached hydrogen (secondary N) is 3. The molecule has 41 heavy (non-hydrogen) atoms. The first kappa shape index (κ1) is 30.2. The van der Waals surface area contributed by atoms with Crippen LogP contribution in [-0.2, 0) is 0 Å². The molecule has 3 heterocycles. The fourth-order valence-corrected chi connectivity index (χ4v) is 4.95. The number of carbonyl (C=O) groups is 1. The van der Waals surface area contributed by atoms with Gasteiger partial charge >= 0.3 is 12.1 Å². The molecule has 2 atom stereocenters. The predicted molar refractivity (Wildman–Crippen MR) is 143 cm³/mol. The molecule has 1 aromatic carbocycles. The lowest BCUT2D eigenvalue weighted by Gasteiger charge is -2.33. The maximum Gasteiger partial charge on any atom is 0.447 e. The van der Waals surface area contributed by atoms with Crippen LogP contribution in [-0.4, -0.2) is 78.3 Å². The smallest absolute Gasteiger partial charge is 0.434 e. The standard InChI is InChI=1S/C26H26F6N6O2S/c1-33-23(39)16-8-7-15(13-21(16)40-25(28)29)34-10-3-5-20-24(41-26(30,31)32)38-11-4-6-19(22(38)36-20)35-18-9-12-37(2)14-17(18)27/h4,6-8,11,13,17-18,25,34-35H,9-10,12,14H2,1-2H3,(H,33,39)/t17-,18+/m0/s1. The lowest BCUT2D eigenvalue weighted by atomic mass is 10.0. The number of hydrogen-bond acceptors (Lipinski definition) is 7. The highest BCUT2D eigenvalue weighted by Gasteiger charge is 2.34. The molecule has 1 amide bonds. The van der Waals surface area contributed by atoms with Gasteiger partial charge in [-0.2, -0.15) is 22.0 Å². The molecule has 0 saturated carbocycles. The number of carbonyl (C=O) groups excluding carboxylic acids is 1. The Kier molecular flexibility index (Phi) is 9.44. The molecule has 0 radical (unpaired) electrons. The molecular weight excluding hydrogens is 574 g/mol. The number of fused-ring (bicyclic) bond motifs is 1. The van der Waals surface area contributed by atoms with Crippen LogP contribution in [0.5, 0.6) is 5.75 Å². The van der Waals surface area contributed by atoms with Gasteiger partial charge < -0.3 is 25.6 Å². The van der Waals surface area contributed by atoms with E-state index in [1.165, 1.54) is 35.8 Å². The van der Waals surface area contributed by atoms with Gasteiger partial charge in [0.1, 0.15) is 22.6 Å². The highest BCUT2D eigenvalue weighted by Crippen LogP contribution is 2.39. The molecule has 0 aliphatic carbocycles. The number of amides is 1. The van der Waals surface area contributed by atoms with Gasteiger partial charge in [0, 0.05) is 49.8 Å². The van der Waals surface area contributed by atoms with Crippen molar-refractivity contribution in [2.75, 3.05) is 44.4 Å². The Morgan fingerprint density at radius 3 is 2.76 bits per heavy atom. The Morgan fingerprint density at radius 2 is 2.07 bits per heavy atom. The van der Waals surface area contributed by atoms with Crippen LogP contribution in [0.4, 0.5) is 37.7 Å². The number of rotatable bonds is 8. The number of anilines is 2. The van der Waals surface area contributed by atoms with Gasteiger partial charge in [0.2, 0.25) is 0 Å². The van der Waals surface area contributed by atoms with E-state index in [2.05, 4.69) is 37.5 Å². The molecule has 3 N–H and O–H groups in total. The molecular formula is C26H26F6N6O2S. The van der Waals surface area contributed by atoms with Crippen molar-refractivity contribution in [2.45, 2.75) is 35.8 Å². The minimum Gasteiger partial charge on any atom is -0.434 e. The Bertz CT molecular complexity index is 1450. The SMILES string of the molecule is CNC(=O)c1ccc(NCC#Cc2nc3c(N[C@@H]4CCN(C)C[C@@H]4F)cccn3c2SC(F)(F)F)cc1OC(F)F. The summed E-state index contributed by atoms with van der Waals surface area (Å²) in [6.07, 6.45) is 0.761. The Hall–Kier alpha value is -3.77. The van der Waals surface area contributed by atoms with Gasteiger partial charge in [-0.05, 0) is 43.7 Å². The Balaban J connectivity index is 1.58. The molecule has 4 rings (SSSR count). The van der Waals surface area contributed by atoms with Crippen molar-refractivity contribution in [2.24, 2.45) is 0 Å². The van der Waals surface area contributed by atoms with Gasteiger partial charge in [-0.3, -0.25) is 9.20 Å². The summed E-state index contributed by atoms with van der Waals surface area (Å²) < 4.78 is 86.3. The number of hydrogen-bond donors (Lipinski definition) is 3. The van der Waals surface area contributed by atoms with Crippen LogP contribution in [0.1, 0.15) is 22.5 Å². The maximum atomic E-state index is 14.6. The van der Waals surface area contributed by atoms with E-state index in [1.54, 1.807) is 12.1 Å². The van der Waals surface area contributed by atoms with E-state index in [1.807, 2.05) is 11.9 Å². The number of piperidine rings is 1. The second-order valence-corrected chi connectivity index (χ2v) is 10.1. The van der Waals surface area contributed by atoms with E-state index < -0.39 is 30.2 Å². The summed E-state index contributed by atoms with van der Waals surface area (Å²) in [7, 11) is 3.15. The largest absolute Gasteiger partial charge is 0.447 e. The van der Waals surface area contributed by atoms with E-state index in [0.29, 0.717) is 18.7 Å². The Labute approximate surface area is 235 Å². The molecule has 0 spiro atoms. The molecule has 2 aromatic heterocycles. The minimum atomic E-state index is -4.63. The summed E-state index contributed by atoms with van der Waals surface area (Å²) in [4.78, 5) is 18.1. The monoisotopic (exact) mass is 600 g/mol. The Morgan fingerprint density at radius 1 is 1.29 bits per heavy atom. The number of thioether (sulfide) groups is 1. The minimum absolute atomic E-state index is 0.0956. The van der Waals surface area contributed by atoms with E-state index in [9.17, 15) is 31.1 Å². The third-order valence-electron chi connectivity index (χ3n) is 6.16. The van der Waals surface area contributed by atoms with Crippen molar-refractivity contribution in [3.05, 3.63) is 47.8 Å². The van der Waals surface area contributed by atoms with Crippen molar-refractivity contribution < 1.29 is 35.9 Å². The van der Waals surface area contributed by atoms with Crippen LogP contribution in [0, 0.1) is 11.8 Å². The van der Waals surface area contributed by atoms with Crippen LogP contribution < -0.4 is 20.7 Å². The van der Waals surface area contributed by atoms with E-state index >= 15 is 0 Å². The number of pyridine rings is 1. The molecule has 3 aromatic rings. The molecule has 1 fully saturated rings. The molecule has 1 aliphatic heterocycles. The first-order valence-electron chi connectivity index (χ1n) is 12.3. The number of aromatic nitrogens is 2. The van der Waals surface area contributed by atoms with Crippen LogP contribution >= 0.6 is 11.8 Å². The number of alkyl halides is 6. The lowest BCUT2D eigenvalue weighted by molar-refractivity contribution is -0.0501. The highest BCUT2D eigenvalue weighted by molar-refractivity contribution is 8.00. The van der Waals surface area contributed by atoms with Gasteiger partial charge in [-0.1, -0.05) is 5.92 Å². The summed E-state index contributed by atoms with van der Waals surface area (Å²) >= 11 is -0.369. The number of benzene rings is 1. The molecule has 1 aliphatic rings. The number of halogens is 6. The predicted octanol–water partition coefficient (Wildman–Crippen LogP) is 4.82. The molecule has 0 unspecified atom stereocenters. The summed E-state index contributed by atoms with van der Waals surface area (Å²) in [5.74, 6) is 4.34. The van der Waals surface area contributed by atoms with Crippen molar-refractivity contribution in [3.63, 3.8) is 0 Å². The molecule has 1 saturated heterocycles. The maximum absolute atomic E-state index is 14.6. The lowest BCUT2D eigenvalue weighted by Crippen LogP contribution is -2.46. The first-order valence-corrected chi connectivity index (χ1v) is 13.2. The zero-order valence-corrected chi connectivity index (χ0v) is 22.7. The van der Waals surface area contributed by atoms with Crippen LogP contribution in [0.3, 0.4) is 0 Å². The van der Waals surface area contributed by atoms with Crippen molar-refractivity contribution >= 4 is 34.7 Å². The molecule has 15 heteroatoms. The van der Waals surface area contributed by atoms with E-state index in [0.717, 1.165) is 0 Å². The number of likely N-dealkylation sites (tertiary alicyclic amines) is 1. The van der Waals surface area contributed by atoms with Crippen molar-refractivity contribution in [1.82, 2.24) is 19.6 Å². The summed E-state index contributed by atoms with van der Waals surface area (Å²) in [5.41, 5.74) is -4.04. The van der Waals surface area contributed by atoms with Gasteiger partial charge in [-0.15, -0.1) is 0 Å². The summed E-state index contributed by atoms with van der Waals surface area (Å²) in [5, 5.41) is 8.00. The van der Waals surface area contributed by atoms with Crippen molar-refractivity contribution in [1.29, 1.82) is 0 Å². The first-order chi connectivity index (χ1) is 19.4. The average molecular weight is 601 g/mol. The summed E-state index contributed by atoms with van der Waals surface area (Å²) in [6, 6.07) is 6.55. The van der Waals surface area contributed by atoms with Crippen molar-refractivity contribution in [3.8, 4) is 17.6 Å². The third-order valence-corrected chi connectivity index (χ3v) is 6.98. The van der Waals surface area contributed by atoms with Crippen LogP contribution in [0.15, 0.2) is 41.6 Å². The fraction of sp³-hybridized carbons (Fsp3) is 0.385. The number of imidazole rings is 1. The van der Waals surface area contributed by atoms with E-state index in [-0.39, 0.29) is 58.2 Å². The molecule has 8 nitrogen and oxygen atoms in total.